The number of anilines is 1. The molecule has 0 aliphatic heterocycles. The lowest BCUT2D eigenvalue weighted by Gasteiger charge is -2.08. The van der Waals surface area contributed by atoms with Gasteiger partial charge >= 0.3 is 0 Å². The van der Waals surface area contributed by atoms with E-state index in [1.165, 1.54) is 17.7 Å². The van der Waals surface area contributed by atoms with Gasteiger partial charge in [0, 0.05) is 5.69 Å². The first-order chi connectivity index (χ1) is 14.2. The number of ether oxygens (including phenoxy) is 2. The molecule has 2 aromatic carbocycles. The van der Waals surface area contributed by atoms with Crippen LogP contribution in [0, 0.1) is 6.92 Å². The summed E-state index contributed by atoms with van der Waals surface area (Å²) in [6.45, 7) is 4.28. The van der Waals surface area contributed by atoms with E-state index in [2.05, 4.69) is 15.3 Å². The second-order valence-corrected chi connectivity index (χ2v) is 7.24. The van der Waals surface area contributed by atoms with Crippen LogP contribution in [0.5, 0.6) is 17.4 Å². The van der Waals surface area contributed by atoms with E-state index in [-0.39, 0.29) is 5.91 Å². The van der Waals surface area contributed by atoms with Gasteiger partial charge in [0.25, 0.3) is 5.91 Å². The summed E-state index contributed by atoms with van der Waals surface area (Å²) in [4.78, 5) is 22.6. The second-order valence-electron chi connectivity index (χ2n) is 6.24. The van der Waals surface area contributed by atoms with E-state index in [1.54, 1.807) is 0 Å². The second kappa shape index (κ2) is 8.28. The van der Waals surface area contributed by atoms with Crippen LogP contribution in [0.15, 0.2) is 60.9 Å². The van der Waals surface area contributed by atoms with Crippen molar-refractivity contribution in [1.29, 1.82) is 0 Å². The Morgan fingerprint density at radius 1 is 1.03 bits per heavy atom. The molecular formula is C22H19N3O3S. The highest BCUT2D eigenvalue weighted by Crippen LogP contribution is 2.35. The molecule has 146 valence electrons. The first-order valence-corrected chi connectivity index (χ1v) is 9.98. The third-order valence-corrected chi connectivity index (χ3v) is 5.47. The molecule has 0 bridgehead atoms. The molecule has 4 aromatic rings. The number of nitrogens with zero attached hydrogens (tertiary/aromatic N) is 2. The number of rotatable bonds is 6. The predicted octanol–water partition coefficient (Wildman–Crippen LogP) is 5.44. The molecule has 29 heavy (non-hydrogen) atoms. The Morgan fingerprint density at radius 2 is 1.76 bits per heavy atom. The Balaban J connectivity index is 1.52. The largest absolute Gasteiger partial charge is 0.477 e. The summed E-state index contributed by atoms with van der Waals surface area (Å²) in [5, 5.41) is 3.72. The van der Waals surface area contributed by atoms with Crippen LogP contribution in [0.25, 0.3) is 10.2 Å². The van der Waals surface area contributed by atoms with E-state index in [9.17, 15) is 4.79 Å². The maximum atomic E-state index is 12.8. The Labute approximate surface area is 172 Å². The number of aromatic nitrogens is 2. The lowest BCUT2D eigenvalue weighted by molar-refractivity contribution is 0.103. The fourth-order valence-corrected chi connectivity index (χ4v) is 3.96. The summed E-state index contributed by atoms with van der Waals surface area (Å²) in [6, 6.07) is 16.8. The van der Waals surface area contributed by atoms with E-state index >= 15 is 0 Å². The van der Waals surface area contributed by atoms with Crippen molar-refractivity contribution >= 4 is 33.1 Å². The molecule has 1 amide bonds. The van der Waals surface area contributed by atoms with Crippen LogP contribution < -0.4 is 14.8 Å². The zero-order valence-corrected chi connectivity index (χ0v) is 16.8. The molecule has 0 aliphatic rings. The van der Waals surface area contributed by atoms with Crippen molar-refractivity contribution in [1.82, 2.24) is 9.97 Å². The Bertz CT molecular complexity index is 1140. The van der Waals surface area contributed by atoms with Crippen molar-refractivity contribution in [3.8, 4) is 17.4 Å². The SMILES string of the molecule is CCOc1ncnc2sc(C(=O)Nc3ccc(Oc4ccccc4)cc3)c(C)c12. The average Bonchev–Trinajstić information content (AvgIpc) is 3.08. The minimum absolute atomic E-state index is 0.190. The van der Waals surface area contributed by atoms with Crippen molar-refractivity contribution in [2.24, 2.45) is 0 Å². The van der Waals surface area contributed by atoms with Crippen molar-refractivity contribution < 1.29 is 14.3 Å². The van der Waals surface area contributed by atoms with E-state index < -0.39 is 0 Å². The summed E-state index contributed by atoms with van der Waals surface area (Å²) in [5.41, 5.74) is 1.50. The van der Waals surface area contributed by atoms with Gasteiger partial charge in [0.2, 0.25) is 5.88 Å². The highest BCUT2D eigenvalue weighted by molar-refractivity contribution is 7.20. The number of carbonyl (C=O) groups is 1. The monoisotopic (exact) mass is 405 g/mol. The first-order valence-electron chi connectivity index (χ1n) is 9.17. The van der Waals surface area contributed by atoms with Crippen molar-refractivity contribution in [3.63, 3.8) is 0 Å². The molecule has 6 nitrogen and oxygen atoms in total. The average molecular weight is 405 g/mol. The Hall–Kier alpha value is -3.45. The van der Waals surface area contributed by atoms with Gasteiger partial charge in [-0.2, -0.15) is 0 Å². The Kier molecular flexibility index (Phi) is 5.39. The van der Waals surface area contributed by atoms with Gasteiger partial charge in [-0.15, -0.1) is 11.3 Å². The zero-order valence-electron chi connectivity index (χ0n) is 16.0. The number of aryl methyl sites for hydroxylation is 1. The molecule has 0 atom stereocenters. The van der Waals surface area contributed by atoms with Gasteiger partial charge in [0.1, 0.15) is 22.7 Å². The van der Waals surface area contributed by atoms with E-state index in [4.69, 9.17) is 9.47 Å². The number of fused-ring (bicyclic) bond motifs is 1. The number of hydrogen-bond acceptors (Lipinski definition) is 6. The van der Waals surface area contributed by atoms with Gasteiger partial charge in [0.05, 0.1) is 16.9 Å². The number of hydrogen-bond donors (Lipinski definition) is 1. The van der Waals surface area contributed by atoms with Gasteiger partial charge in [-0.25, -0.2) is 9.97 Å². The molecule has 0 spiro atoms. The van der Waals surface area contributed by atoms with Crippen LogP contribution in [-0.4, -0.2) is 22.5 Å². The van der Waals surface area contributed by atoms with Crippen LogP contribution in [0.2, 0.25) is 0 Å². The topological polar surface area (TPSA) is 73.3 Å². The number of para-hydroxylation sites is 1. The van der Waals surface area contributed by atoms with Crippen molar-refractivity contribution in [3.05, 3.63) is 71.4 Å². The lowest BCUT2D eigenvalue weighted by Crippen LogP contribution is -2.11. The summed E-state index contributed by atoms with van der Waals surface area (Å²) in [7, 11) is 0. The predicted molar refractivity (Wildman–Crippen MR) is 114 cm³/mol. The minimum atomic E-state index is -0.190. The maximum Gasteiger partial charge on any atom is 0.266 e. The van der Waals surface area contributed by atoms with Gasteiger partial charge in [-0.3, -0.25) is 4.79 Å². The van der Waals surface area contributed by atoms with Crippen LogP contribution in [0.3, 0.4) is 0 Å². The molecule has 0 aliphatic carbocycles. The molecule has 0 radical (unpaired) electrons. The first kappa shape index (κ1) is 18.9. The van der Waals surface area contributed by atoms with E-state index in [1.807, 2.05) is 68.4 Å². The zero-order chi connectivity index (χ0) is 20.2. The molecule has 2 heterocycles. The maximum absolute atomic E-state index is 12.8. The molecule has 0 saturated carbocycles. The van der Waals surface area contributed by atoms with Crippen molar-refractivity contribution in [2.75, 3.05) is 11.9 Å². The number of carbonyl (C=O) groups excluding carboxylic acids is 1. The van der Waals surface area contributed by atoms with Crippen molar-refractivity contribution in [2.45, 2.75) is 13.8 Å². The quantitative estimate of drug-likeness (QED) is 0.462. The van der Waals surface area contributed by atoms with Gasteiger partial charge in [-0.1, -0.05) is 18.2 Å². The fraction of sp³-hybridized carbons (Fsp3) is 0.136. The third kappa shape index (κ3) is 4.05. The fourth-order valence-electron chi connectivity index (χ4n) is 2.92. The number of nitrogens with one attached hydrogen (secondary N) is 1. The standard InChI is InChI=1S/C22H19N3O3S/c1-3-27-21-18-14(2)19(29-22(18)24-13-23-21)20(26)25-15-9-11-17(12-10-15)28-16-7-5-4-6-8-16/h4-13H,3H2,1-2H3,(H,25,26). The molecular weight excluding hydrogens is 386 g/mol. The molecule has 0 unspecified atom stereocenters. The summed E-state index contributed by atoms with van der Waals surface area (Å²) < 4.78 is 11.4. The Morgan fingerprint density at radius 3 is 2.48 bits per heavy atom. The molecule has 1 N–H and O–H groups in total. The third-order valence-electron chi connectivity index (χ3n) is 4.27. The molecule has 2 aromatic heterocycles. The van der Waals surface area contributed by atoms with E-state index in [0.29, 0.717) is 28.8 Å². The highest BCUT2D eigenvalue weighted by Gasteiger charge is 2.20. The molecule has 7 heteroatoms. The van der Waals surface area contributed by atoms with Gasteiger partial charge in [-0.05, 0) is 55.8 Å². The van der Waals surface area contributed by atoms with Gasteiger partial charge < -0.3 is 14.8 Å². The number of amides is 1. The van der Waals surface area contributed by atoms with Crippen LogP contribution in [-0.2, 0) is 0 Å². The molecule has 0 saturated heterocycles. The number of benzene rings is 2. The summed E-state index contributed by atoms with van der Waals surface area (Å²) >= 11 is 1.33. The normalized spacial score (nSPS) is 10.7. The molecule has 4 rings (SSSR count). The molecule has 0 fully saturated rings. The van der Waals surface area contributed by atoms with E-state index in [0.717, 1.165) is 21.5 Å². The highest BCUT2D eigenvalue weighted by atomic mass is 32.1. The smallest absolute Gasteiger partial charge is 0.266 e. The van der Waals surface area contributed by atoms with Gasteiger partial charge in [0.15, 0.2) is 0 Å². The summed E-state index contributed by atoms with van der Waals surface area (Å²) in [5.74, 6) is 1.78. The summed E-state index contributed by atoms with van der Waals surface area (Å²) in [6.07, 6.45) is 1.45. The number of thiophene rings is 1. The van der Waals surface area contributed by atoms with Crippen LogP contribution in [0.1, 0.15) is 22.2 Å². The lowest BCUT2D eigenvalue weighted by atomic mass is 10.2. The minimum Gasteiger partial charge on any atom is -0.477 e. The van der Waals surface area contributed by atoms with Crippen LogP contribution >= 0.6 is 11.3 Å². The van der Waals surface area contributed by atoms with Crippen LogP contribution in [0.4, 0.5) is 5.69 Å².